The first-order valence-corrected chi connectivity index (χ1v) is 8.98. The van der Waals surface area contributed by atoms with Crippen LogP contribution in [-0.4, -0.2) is 44.7 Å². The third-order valence-corrected chi connectivity index (χ3v) is 3.55. The first-order chi connectivity index (χ1) is 12.0. The maximum absolute atomic E-state index is 12.0. The number of halogens is 1. The summed E-state index contributed by atoms with van der Waals surface area (Å²) in [5.74, 6) is 1.62. The predicted octanol–water partition coefficient (Wildman–Crippen LogP) is 2.79. The Balaban J connectivity index is 0.00000625. The fourth-order valence-corrected chi connectivity index (χ4v) is 2.08. The summed E-state index contributed by atoms with van der Waals surface area (Å²) >= 11 is 0. The zero-order chi connectivity index (χ0) is 18.5. The van der Waals surface area contributed by atoms with Crippen LogP contribution in [0.3, 0.4) is 0 Å². The second kappa shape index (κ2) is 13.7. The summed E-state index contributed by atoms with van der Waals surface area (Å²) < 4.78 is 5.67. The lowest BCUT2D eigenvalue weighted by atomic mass is 9.92. The van der Waals surface area contributed by atoms with Gasteiger partial charge in [-0.15, -0.1) is 24.0 Å². The molecule has 0 unspecified atom stereocenters. The standard InChI is InChI=1S/C19H32N4O2.HI/c1-5-20-17(24)19(3,4)15-23-18(21-6-2)22-13-10-14-25-16-11-8-7-9-12-16;/h7-9,11-12H,5-6,10,13-15H2,1-4H3,(H,20,24)(H2,21,22,23);1H. The molecule has 3 N–H and O–H groups in total. The number of aliphatic imine (C=N–C) groups is 1. The van der Waals surface area contributed by atoms with E-state index in [2.05, 4.69) is 20.9 Å². The van der Waals surface area contributed by atoms with Crippen molar-refractivity contribution >= 4 is 35.8 Å². The molecular weight excluding hydrogens is 443 g/mol. The van der Waals surface area contributed by atoms with Gasteiger partial charge >= 0.3 is 0 Å². The SMILES string of the molecule is CCNC(=O)C(C)(C)CN=C(NCC)NCCCOc1ccccc1.I. The van der Waals surface area contributed by atoms with E-state index >= 15 is 0 Å². The molecular formula is C19H33IN4O2. The van der Waals surface area contributed by atoms with Crippen molar-refractivity contribution in [3.63, 3.8) is 0 Å². The largest absolute Gasteiger partial charge is 0.494 e. The van der Waals surface area contributed by atoms with Gasteiger partial charge in [-0.1, -0.05) is 18.2 Å². The number of hydrogen-bond acceptors (Lipinski definition) is 3. The summed E-state index contributed by atoms with van der Waals surface area (Å²) in [4.78, 5) is 16.6. The van der Waals surface area contributed by atoms with Crippen molar-refractivity contribution in [2.75, 3.05) is 32.8 Å². The van der Waals surface area contributed by atoms with Crippen molar-refractivity contribution < 1.29 is 9.53 Å². The molecule has 0 aliphatic heterocycles. The van der Waals surface area contributed by atoms with E-state index in [9.17, 15) is 4.79 Å². The molecule has 1 aromatic rings. The Morgan fingerprint density at radius 2 is 1.73 bits per heavy atom. The monoisotopic (exact) mass is 476 g/mol. The molecule has 0 aromatic heterocycles. The average molecular weight is 476 g/mol. The number of amides is 1. The van der Waals surface area contributed by atoms with Crippen LogP contribution in [-0.2, 0) is 4.79 Å². The third kappa shape index (κ3) is 9.84. The molecule has 0 aliphatic carbocycles. The molecule has 7 heteroatoms. The molecule has 0 spiro atoms. The molecule has 1 aromatic carbocycles. The minimum Gasteiger partial charge on any atom is -0.494 e. The first-order valence-electron chi connectivity index (χ1n) is 8.98. The van der Waals surface area contributed by atoms with Crippen molar-refractivity contribution in [2.24, 2.45) is 10.4 Å². The number of nitrogens with zero attached hydrogens (tertiary/aromatic N) is 1. The van der Waals surface area contributed by atoms with Crippen LogP contribution in [0.4, 0.5) is 0 Å². The second-order valence-corrected chi connectivity index (χ2v) is 6.38. The van der Waals surface area contributed by atoms with Crippen molar-refractivity contribution in [3.8, 4) is 5.75 Å². The topological polar surface area (TPSA) is 74.8 Å². The smallest absolute Gasteiger partial charge is 0.227 e. The molecule has 0 saturated carbocycles. The lowest BCUT2D eigenvalue weighted by Gasteiger charge is -2.22. The van der Waals surface area contributed by atoms with E-state index < -0.39 is 5.41 Å². The normalized spacial score (nSPS) is 11.3. The zero-order valence-electron chi connectivity index (χ0n) is 16.3. The number of carbonyl (C=O) groups is 1. The summed E-state index contributed by atoms with van der Waals surface area (Å²) in [6.07, 6.45) is 0.860. The Hall–Kier alpha value is -1.51. The molecule has 26 heavy (non-hydrogen) atoms. The maximum Gasteiger partial charge on any atom is 0.227 e. The quantitative estimate of drug-likeness (QED) is 0.210. The van der Waals surface area contributed by atoms with E-state index in [1.54, 1.807) is 0 Å². The molecule has 0 aliphatic rings. The van der Waals surface area contributed by atoms with Gasteiger partial charge in [0.15, 0.2) is 5.96 Å². The summed E-state index contributed by atoms with van der Waals surface area (Å²) in [6.45, 7) is 11.0. The van der Waals surface area contributed by atoms with Crippen LogP contribution in [0.5, 0.6) is 5.75 Å². The fourth-order valence-electron chi connectivity index (χ4n) is 2.08. The van der Waals surface area contributed by atoms with Crippen LogP contribution < -0.4 is 20.7 Å². The fraction of sp³-hybridized carbons (Fsp3) is 0.579. The minimum absolute atomic E-state index is 0. The van der Waals surface area contributed by atoms with Crippen LogP contribution >= 0.6 is 24.0 Å². The van der Waals surface area contributed by atoms with Gasteiger partial charge in [0.25, 0.3) is 0 Å². The molecule has 0 fully saturated rings. The van der Waals surface area contributed by atoms with Gasteiger partial charge in [0, 0.05) is 19.6 Å². The third-order valence-electron chi connectivity index (χ3n) is 3.55. The predicted molar refractivity (Wildman–Crippen MR) is 118 cm³/mol. The Morgan fingerprint density at radius 1 is 1.08 bits per heavy atom. The highest BCUT2D eigenvalue weighted by molar-refractivity contribution is 14.0. The summed E-state index contributed by atoms with van der Waals surface area (Å²) in [5, 5.41) is 9.33. The van der Waals surface area contributed by atoms with Gasteiger partial charge < -0.3 is 20.7 Å². The van der Waals surface area contributed by atoms with Gasteiger partial charge in [-0.2, -0.15) is 0 Å². The minimum atomic E-state index is -0.533. The number of hydrogen-bond donors (Lipinski definition) is 3. The van der Waals surface area contributed by atoms with E-state index in [0.29, 0.717) is 19.7 Å². The molecule has 1 amide bonds. The highest BCUT2D eigenvalue weighted by Crippen LogP contribution is 2.15. The molecule has 1 rings (SSSR count). The van der Waals surface area contributed by atoms with Crippen LogP contribution in [0.1, 0.15) is 34.1 Å². The number of guanidine groups is 1. The zero-order valence-corrected chi connectivity index (χ0v) is 18.6. The number of ether oxygens (including phenoxy) is 1. The van der Waals surface area contributed by atoms with Gasteiger partial charge in [-0.3, -0.25) is 9.79 Å². The molecule has 0 heterocycles. The second-order valence-electron chi connectivity index (χ2n) is 6.38. The van der Waals surface area contributed by atoms with E-state index in [1.807, 2.05) is 58.0 Å². The van der Waals surface area contributed by atoms with Gasteiger partial charge in [0.05, 0.1) is 18.6 Å². The van der Waals surface area contributed by atoms with Crippen molar-refractivity contribution in [1.29, 1.82) is 0 Å². The molecule has 148 valence electrons. The molecule has 0 saturated heterocycles. The Labute approximate surface area is 174 Å². The number of carbonyl (C=O) groups excluding carboxylic acids is 1. The summed E-state index contributed by atoms with van der Waals surface area (Å²) in [7, 11) is 0. The maximum atomic E-state index is 12.0. The van der Waals surface area contributed by atoms with Crippen molar-refractivity contribution in [1.82, 2.24) is 16.0 Å². The Morgan fingerprint density at radius 3 is 2.35 bits per heavy atom. The van der Waals surface area contributed by atoms with Crippen LogP contribution in [0.25, 0.3) is 0 Å². The van der Waals surface area contributed by atoms with E-state index in [-0.39, 0.29) is 29.9 Å². The molecule has 0 atom stereocenters. The molecule has 0 radical (unpaired) electrons. The average Bonchev–Trinajstić information content (AvgIpc) is 2.60. The van der Waals surface area contributed by atoms with E-state index in [4.69, 9.17) is 4.74 Å². The van der Waals surface area contributed by atoms with E-state index in [1.165, 1.54) is 0 Å². The first kappa shape index (κ1) is 24.5. The Kier molecular flexibility index (Phi) is 12.9. The molecule has 0 bridgehead atoms. The van der Waals surface area contributed by atoms with Gasteiger partial charge in [-0.25, -0.2) is 0 Å². The highest BCUT2D eigenvalue weighted by Gasteiger charge is 2.26. The van der Waals surface area contributed by atoms with Gasteiger partial charge in [0.1, 0.15) is 5.75 Å². The summed E-state index contributed by atoms with van der Waals surface area (Å²) in [5.41, 5.74) is -0.533. The van der Waals surface area contributed by atoms with E-state index in [0.717, 1.165) is 31.2 Å². The van der Waals surface area contributed by atoms with Crippen molar-refractivity contribution in [3.05, 3.63) is 30.3 Å². The van der Waals surface area contributed by atoms with Crippen LogP contribution in [0, 0.1) is 5.41 Å². The number of benzene rings is 1. The van der Waals surface area contributed by atoms with Crippen LogP contribution in [0.15, 0.2) is 35.3 Å². The lowest BCUT2D eigenvalue weighted by Crippen LogP contribution is -2.42. The molecule has 6 nitrogen and oxygen atoms in total. The number of nitrogens with one attached hydrogen (secondary N) is 3. The Bertz CT molecular complexity index is 536. The number of para-hydroxylation sites is 1. The summed E-state index contributed by atoms with van der Waals surface area (Å²) in [6, 6.07) is 9.78. The van der Waals surface area contributed by atoms with Crippen LogP contribution in [0.2, 0.25) is 0 Å². The van der Waals surface area contributed by atoms with Crippen molar-refractivity contribution in [2.45, 2.75) is 34.1 Å². The lowest BCUT2D eigenvalue weighted by molar-refractivity contribution is -0.128. The number of rotatable bonds is 10. The van der Waals surface area contributed by atoms with Gasteiger partial charge in [0.2, 0.25) is 5.91 Å². The highest BCUT2D eigenvalue weighted by atomic mass is 127. The van der Waals surface area contributed by atoms with Gasteiger partial charge in [-0.05, 0) is 46.2 Å².